The average Bonchev–Trinajstić information content (AvgIpc) is 2.19. The maximum atomic E-state index is 13.8. The summed E-state index contributed by atoms with van der Waals surface area (Å²) in [6.07, 6.45) is 0.182. The summed E-state index contributed by atoms with van der Waals surface area (Å²) < 4.78 is 41.5. The summed E-state index contributed by atoms with van der Waals surface area (Å²) in [5.74, 6) is -4.65. The summed E-state index contributed by atoms with van der Waals surface area (Å²) >= 11 is 0. The van der Waals surface area contributed by atoms with Crippen molar-refractivity contribution in [3.8, 4) is 0 Å². The minimum atomic E-state index is -3.65. The van der Waals surface area contributed by atoms with Crippen LogP contribution < -0.4 is 5.73 Å². The van der Waals surface area contributed by atoms with Gasteiger partial charge in [-0.15, -0.1) is 0 Å². The van der Waals surface area contributed by atoms with Crippen LogP contribution in [0.15, 0.2) is 18.2 Å². The molecule has 3 N–H and O–H groups in total. The average molecular weight is 247 g/mol. The zero-order valence-electron chi connectivity index (χ0n) is 9.80. The predicted molar refractivity (Wildman–Crippen MR) is 59.4 cm³/mol. The minimum absolute atomic E-state index is 0.133. The van der Waals surface area contributed by atoms with Gasteiger partial charge in [0.15, 0.2) is 0 Å². The van der Waals surface area contributed by atoms with Crippen LogP contribution in [0.5, 0.6) is 0 Å². The number of nitrogens with two attached hydrogens (primary N) is 1. The molecule has 0 aromatic heterocycles. The monoisotopic (exact) mass is 247 g/mol. The van der Waals surface area contributed by atoms with Crippen LogP contribution in [0, 0.1) is 5.82 Å². The molecular formula is C12H16F3NO. The van der Waals surface area contributed by atoms with Crippen molar-refractivity contribution in [1.82, 2.24) is 0 Å². The lowest BCUT2D eigenvalue weighted by Gasteiger charge is -2.29. The molecule has 1 aromatic rings. The Morgan fingerprint density at radius 3 is 2.35 bits per heavy atom. The lowest BCUT2D eigenvalue weighted by Crippen LogP contribution is -2.41. The van der Waals surface area contributed by atoms with E-state index < -0.39 is 22.9 Å². The van der Waals surface area contributed by atoms with Crippen molar-refractivity contribution >= 4 is 0 Å². The second-order valence-corrected chi connectivity index (χ2v) is 4.45. The van der Waals surface area contributed by atoms with E-state index in [1.54, 1.807) is 0 Å². The topological polar surface area (TPSA) is 46.2 Å². The summed E-state index contributed by atoms with van der Waals surface area (Å²) in [6, 6.07) is 3.72. The van der Waals surface area contributed by atoms with Gasteiger partial charge in [-0.2, -0.15) is 8.78 Å². The molecule has 0 radical (unpaired) electrons. The summed E-state index contributed by atoms with van der Waals surface area (Å²) in [5.41, 5.74) is 2.28. The van der Waals surface area contributed by atoms with Gasteiger partial charge < -0.3 is 10.8 Å². The van der Waals surface area contributed by atoms with Crippen molar-refractivity contribution in [2.75, 3.05) is 6.54 Å². The van der Waals surface area contributed by atoms with Crippen molar-refractivity contribution in [3.05, 3.63) is 35.1 Å². The van der Waals surface area contributed by atoms with Crippen molar-refractivity contribution in [2.45, 2.75) is 31.8 Å². The summed E-state index contributed by atoms with van der Waals surface area (Å²) in [5, 5.41) is 9.40. The van der Waals surface area contributed by atoms with E-state index in [1.807, 2.05) is 0 Å². The third-order valence-corrected chi connectivity index (χ3v) is 2.60. The maximum Gasteiger partial charge on any atom is 0.303 e. The molecule has 96 valence electrons. The quantitative estimate of drug-likeness (QED) is 0.856. The highest BCUT2D eigenvalue weighted by atomic mass is 19.3. The van der Waals surface area contributed by atoms with Crippen LogP contribution >= 0.6 is 0 Å². The molecule has 0 unspecified atom stereocenters. The molecule has 2 nitrogen and oxygen atoms in total. The third kappa shape index (κ3) is 2.61. The highest BCUT2D eigenvalue weighted by Crippen LogP contribution is 2.40. The Kier molecular flexibility index (Phi) is 3.84. The van der Waals surface area contributed by atoms with Gasteiger partial charge >= 0.3 is 5.92 Å². The Bertz CT molecular complexity index is 399. The van der Waals surface area contributed by atoms with Crippen LogP contribution in [0.1, 0.15) is 25.0 Å². The van der Waals surface area contributed by atoms with E-state index in [2.05, 4.69) is 0 Å². The molecule has 0 amide bonds. The number of hydrogen-bond acceptors (Lipinski definition) is 2. The molecule has 1 rings (SSSR count). The van der Waals surface area contributed by atoms with Gasteiger partial charge in [0.1, 0.15) is 11.4 Å². The second kappa shape index (κ2) is 4.66. The minimum Gasteiger partial charge on any atom is -0.384 e. The molecular weight excluding hydrogens is 231 g/mol. The predicted octanol–water partition coefficient (Wildman–Crippen LogP) is 2.19. The molecule has 1 aromatic carbocycles. The zero-order chi connectivity index (χ0) is 13.3. The molecule has 0 atom stereocenters. The molecule has 0 fully saturated rings. The van der Waals surface area contributed by atoms with Crippen LogP contribution in [0.2, 0.25) is 0 Å². The number of halogens is 3. The normalized spacial score (nSPS) is 12.9. The summed E-state index contributed by atoms with van der Waals surface area (Å²) in [4.78, 5) is 0. The van der Waals surface area contributed by atoms with Gasteiger partial charge in [0, 0.05) is 0 Å². The van der Waals surface area contributed by atoms with E-state index in [-0.39, 0.29) is 18.5 Å². The lowest BCUT2D eigenvalue weighted by atomic mass is 9.91. The number of hydrogen-bond donors (Lipinski definition) is 2. The van der Waals surface area contributed by atoms with Crippen LogP contribution in [0.25, 0.3) is 0 Å². The van der Waals surface area contributed by atoms with Gasteiger partial charge in [-0.3, -0.25) is 0 Å². The van der Waals surface area contributed by atoms with E-state index in [1.165, 1.54) is 12.1 Å². The van der Waals surface area contributed by atoms with E-state index in [0.717, 1.165) is 19.9 Å². The van der Waals surface area contributed by atoms with Gasteiger partial charge in [-0.1, -0.05) is 12.1 Å². The van der Waals surface area contributed by atoms with Gasteiger partial charge in [0.25, 0.3) is 0 Å². The molecule has 0 aliphatic rings. The largest absolute Gasteiger partial charge is 0.384 e. The van der Waals surface area contributed by atoms with Crippen molar-refractivity contribution < 1.29 is 18.3 Å². The molecule has 0 heterocycles. The molecule has 0 aliphatic heterocycles. The van der Waals surface area contributed by atoms with Crippen LogP contribution in [0.3, 0.4) is 0 Å². The Morgan fingerprint density at radius 1 is 1.29 bits per heavy atom. The highest BCUT2D eigenvalue weighted by Gasteiger charge is 2.48. The van der Waals surface area contributed by atoms with Gasteiger partial charge in [0.2, 0.25) is 0 Å². The molecule has 0 aliphatic carbocycles. The van der Waals surface area contributed by atoms with Crippen LogP contribution in [-0.4, -0.2) is 17.3 Å². The van der Waals surface area contributed by atoms with E-state index >= 15 is 0 Å². The van der Waals surface area contributed by atoms with Crippen molar-refractivity contribution in [1.29, 1.82) is 0 Å². The van der Waals surface area contributed by atoms with Crippen LogP contribution in [0.4, 0.5) is 13.2 Å². The van der Waals surface area contributed by atoms with Crippen LogP contribution in [-0.2, 0) is 12.3 Å². The second-order valence-electron chi connectivity index (χ2n) is 4.45. The van der Waals surface area contributed by atoms with Crippen molar-refractivity contribution in [3.63, 3.8) is 0 Å². The molecule has 0 spiro atoms. The lowest BCUT2D eigenvalue weighted by molar-refractivity contribution is -0.170. The van der Waals surface area contributed by atoms with E-state index in [9.17, 15) is 18.3 Å². The fourth-order valence-electron chi connectivity index (χ4n) is 1.50. The first-order valence-electron chi connectivity index (χ1n) is 5.30. The zero-order valence-corrected chi connectivity index (χ0v) is 9.80. The standard InChI is InChI=1S/C12H16F3NO/c1-11(2,17)12(14,15)9-5-3-4-8(6-7-16)10(9)13/h3-5,17H,6-7,16H2,1-2H3. The Balaban J connectivity index is 3.28. The number of alkyl halides is 2. The van der Waals surface area contributed by atoms with E-state index in [0.29, 0.717) is 0 Å². The Labute approximate surface area is 98.3 Å². The first kappa shape index (κ1) is 14.0. The number of rotatable bonds is 4. The Morgan fingerprint density at radius 2 is 1.88 bits per heavy atom. The van der Waals surface area contributed by atoms with Crippen molar-refractivity contribution in [2.24, 2.45) is 5.73 Å². The van der Waals surface area contributed by atoms with E-state index in [4.69, 9.17) is 5.73 Å². The van der Waals surface area contributed by atoms with Gasteiger partial charge in [0.05, 0.1) is 5.56 Å². The summed E-state index contributed by atoms with van der Waals surface area (Å²) in [6.45, 7) is 2.07. The highest BCUT2D eigenvalue weighted by molar-refractivity contribution is 5.31. The molecule has 17 heavy (non-hydrogen) atoms. The maximum absolute atomic E-state index is 13.8. The number of benzene rings is 1. The van der Waals surface area contributed by atoms with Gasteiger partial charge in [-0.05, 0) is 38.4 Å². The first-order chi connectivity index (χ1) is 7.71. The number of aliphatic hydroxyl groups is 1. The summed E-state index contributed by atoms with van der Waals surface area (Å²) in [7, 11) is 0. The third-order valence-electron chi connectivity index (χ3n) is 2.60. The smallest absolute Gasteiger partial charge is 0.303 e. The molecule has 5 heteroatoms. The fourth-order valence-corrected chi connectivity index (χ4v) is 1.50. The molecule has 0 saturated carbocycles. The Hall–Kier alpha value is -1.07. The first-order valence-corrected chi connectivity index (χ1v) is 5.30. The SMILES string of the molecule is CC(C)(O)C(F)(F)c1cccc(CCN)c1F. The molecule has 0 bridgehead atoms. The van der Waals surface area contributed by atoms with Gasteiger partial charge in [-0.25, -0.2) is 4.39 Å². The molecule has 0 saturated heterocycles. The fraction of sp³-hybridized carbons (Fsp3) is 0.500.